The summed E-state index contributed by atoms with van der Waals surface area (Å²) in [5.74, 6) is 0.301. The number of hydrogen-bond acceptors (Lipinski definition) is 5. The fourth-order valence-electron chi connectivity index (χ4n) is 4.12. The predicted octanol–water partition coefficient (Wildman–Crippen LogP) is 3.11. The van der Waals surface area contributed by atoms with Gasteiger partial charge in [0.05, 0.1) is 20.1 Å². The molecule has 0 bridgehead atoms. The second-order valence-corrected chi connectivity index (χ2v) is 9.77. The molecule has 1 fully saturated rings. The topological polar surface area (TPSA) is 84.9 Å². The molecule has 1 aliphatic heterocycles. The van der Waals surface area contributed by atoms with E-state index in [-0.39, 0.29) is 29.0 Å². The number of ether oxygens (including phenoxy) is 2. The summed E-state index contributed by atoms with van der Waals surface area (Å²) in [6.45, 7) is 1.17. The van der Waals surface area contributed by atoms with E-state index in [4.69, 9.17) is 9.47 Å². The van der Waals surface area contributed by atoms with Crippen molar-refractivity contribution < 1.29 is 22.7 Å². The molecule has 7 nitrogen and oxygen atoms in total. The number of nitrogens with zero attached hydrogens (tertiary/aromatic N) is 1. The van der Waals surface area contributed by atoms with Gasteiger partial charge in [-0.1, -0.05) is 11.6 Å². The van der Waals surface area contributed by atoms with E-state index >= 15 is 0 Å². The number of rotatable bonds is 8. The predicted molar refractivity (Wildman–Crippen MR) is 115 cm³/mol. The van der Waals surface area contributed by atoms with Crippen LogP contribution in [0.5, 0.6) is 11.5 Å². The highest BCUT2D eigenvalue weighted by Gasteiger charge is 2.35. The Morgan fingerprint density at radius 1 is 1.20 bits per heavy atom. The molecule has 0 unspecified atom stereocenters. The number of benzene rings is 1. The van der Waals surface area contributed by atoms with Crippen LogP contribution >= 0.6 is 0 Å². The highest BCUT2D eigenvalue weighted by atomic mass is 32.2. The molecular weight excluding hydrogens is 404 g/mol. The van der Waals surface area contributed by atoms with Crippen molar-refractivity contribution in [1.29, 1.82) is 0 Å². The van der Waals surface area contributed by atoms with E-state index in [1.54, 1.807) is 12.1 Å². The van der Waals surface area contributed by atoms with Gasteiger partial charge in [0.25, 0.3) is 0 Å². The summed E-state index contributed by atoms with van der Waals surface area (Å²) in [4.78, 5) is 12.7. The Morgan fingerprint density at radius 2 is 2.03 bits per heavy atom. The number of nitrogens with one attached hydrogen (secondary N) is 1. The Morgan fingerprint density at radius 3 is 2.73 bits per heavy atom. The van der Waals surface area contributed by atoms with Crippen LogP contribution in [0.1, 0.15) is 44.9 Å². The summed E-state index contributed by atoms with van der Waals surface area (Å²) in [5, 5.41) is 3.01. The molecule has 2 aliphatic rings. The Hall–Kier alpha value is -2.06. The van der Waals surface area contributed by atoms with Crippen LogP contribution in [0.4, 0.5) is 0 Å². The average Bonchev–Trinajstić information content (AvgIpc) is 2.79. The van der Waals surface area contributed by atoms with Gasteiger partial charge in [0.1, 0.15) is 16.4 Å². The van der Waals surface area contributed by atoms with E-state index in [9.17, 15) is 13.2 Å². The molecule has 0 aromatic heterocycles. The summed E-state index contributed by atoms with van der Waals surface area (Å²) >= 11 is 0. The number of sulfonamides is 1. The minimum absolute atomic E-state index is 0.0645. The van der Waals surface area contributed by atoms with Crippen molar-refractivity contribution in [3.8, 4) is 11.5 Å². The highest BCUT2D eigenvalue weighted by Crippen LogP contribution is 2.32. The van der Waals surface area contributed by atoms with Gasteiger partial charge in [0, 0.05) is 25.7 Å². The third kappa shape index (κ3) is 5.35. The second-order valence-electron chi connectivity index (χ2n) is 7.87. The third-order valence-corrected chi connectivity index (χ3v) is 7.76. The lowest BCUT2D eigenvalue weighted by Gasteiger charge is -2.31. The van der Waals surface area contributed by atoms with Gasteiger partial charge >= 0.3 is 0 Å². The maximum atomic E-state index is 13.3. The van der Waals surface area contributed by atoms with Crippen molar-refractivity contribution in [2.24, 2.45) is 5.92 Å². The summed E-state index contributed by atoms with van der Waals surface area (Å²) in [7, 11) is -0.874. The molecule has 1 aliphatic carbocycles. The SMILES string of the molecule is COc1ccc(OC)c(S(=O)(=O)N2CCC[C@@H](C(=O)NCCC3=CCCCC3)C2)c1. The normalized spacial score (nSPS) is 20.3. The number of carbonyl (C=O) groups excluding carboxylic acids is 1. The van der Waals surface area contributed by atoms with Crippen LogP contribution in [0.25, 0.3) is 0 Å². The number of piperidine rings is 1. The van der Waals surface area contributed by atoms with E-state index in [2.05, 4.69) is 11.4 Å². The maximum Gasteiger partial charge on any atom is 0.246 e. The first-order chi connectivity index (χ1) is 14.5. The molecule has 1 saturated heterocycles. The van der Waals surface area contributed by atoms with Crippen molar-refractivity contribution in [1.82, 2.24) is 9.62 Å². The first-order valence-corrected chi connectivity index (χ1v) is 12.1. The lowest BCUT2D eigenvalue weighted by Crippen LogP contribution is -2.45. The molecule has 0 radical (unpaired) electrons. The molecule has 0 spiro atoms. The van der Waals surface area contributed by atoms with E-state index in [0.717, 1.165) is 19.3 Å². The van der Waals surface area contributed by atoms with Crippen LogP contribution in [0.2, 0.25) is 0 Å². The molecule has 1 atom stereocenters. The van der Waals surface area contributed by atoms with Crippen molar-refractivity contribution in [3.05, 3.63) is 29.8 Å². The number of hydrogen-bond donors (Lipinski definition) is 1. The molecule has 1 N–H and O–H groups in total. The molecule has 1 amide bonds. The minimum atomic E-state index is -3.80. The van der Waals surface area contributed by atoms with Crippen LogP contribution in [0.15, 0.2) is 34.7 Å². The van der Waals surface area contributed by atoms with Gasteiger partial charge in [-0.05, 0) is 57.1 Å². The molecule has 1 aromatic carbocycles. The Kier molecular flexibility index (Phi) is 7.77. The lowest BCUT2D eigenvalue weighted by molar-refractivity contribution is -0.126. The lowest BCUT2D eigenvalue weighted by atomic mass is 9.96. The van der Waals surface area contributed by atoms with Gasteiger partial charge in [-0.15, -0.1) is 0 Å². The maximum absolute atomic E-state index is 13.3. The largest absolute Gasteiger partial charge is 0.497 e. The summed E-state index contributed by atoms with van der Waals surface area (Å²) < 4.78 is 38.4. The molecule has 1 heterocycles. The van der Waals surface area contributed by atoms with Gasteiger partial charge in [0.15, 0.2) is 0 Å². The summed E-state index contributed by atoms with van der Waals surface area (Å²) in [5.41, 5.74) is 1.42. The second kappa shape index (κ2) is 10.3. The van der Waals surface area contributed by atoms with Crippen LogP contribution in [0, 0.1) is 5.92 Å². The molecule has 0 saturated carbocycles. The summed E-state index contributed by atoms with van der Waals surface area (Å²) in [6, 6.07) is 4.71. The minimum Gasteiger partial charge on any atom is -0.497 e. The fraction of sp³-hybridized carbons (Fsp3) is 0.591. The number of amides is 1. The Bertz CT molecular complexity index is 882. The quantitative estimate of drug-likeness (QED) is 0.633. The zero-order chi connectivity index (χ0) is 21.6. The van der Waals surface area contributed by atoms with E-state index in [1.165, 1.54) is 43.0 Å². The highest BCUT2D eigenvalue weighted by molar-refractivity contribution is 7.89. The smallest absolute Gasteiger partial charge is 0.246 e. The van der Waals surface area contributed by atoms with Crippen LogP contribution < -0.4 is 14.8 Å². The zero-order valence-corrected chi connectivity index (χ0v) is 18.7. The number of allylic oxidation sites excluding steroid dienone is 1. The van der Waals surface area contributed by atoms with E-state index < -0.39 is 10.0 Å². The van der Waals surface area contributed by atoms with Crippen molar-refractivity contribution in [2.75, 3.05) is 33.9 Å². The van der Waals surface area contributed by atoms with Gasteiger partial charge in [-0.25, -0.2) is 8.42 Å². The molecule has 1 aromatic rings. The monoisotopic (exact) mass is 436 g/mol. The third-order valence-electron chi connectivity index (χ3n) is 5.87. The molecule has 3 rings (SSSR count). The van der Waals surface area contributed by atoms with Gasteiger partial charge in [-0.2, -0.15) is 4.31 Å². The standard InChI is InChI=1S/C22H32N2O5S/c1-28-19-10-11-20(29-2)21(15-19)30(26,27)24-14-6-9-18(16-24)22(25)23-13-12-17-7-4-3-5-8-17/h7,10-11,15,18H,3-6,8-9,12-14,16H2,1-2H3,(H,23,25)/t18-/m1/s1. The van der Waals surface area contributed by atoms with E-state index in [1.807, 2.05) is 0 Å². The summed E-state index contributed by atoms with van der Waals surface area (Å²) in [6.07, 6.45) is 9.22. The van der Waals surface area contributed by atoms with E-state index in [0.29, 0.717) is 31.7 Å². The molecular formula is C22H32N2O5S. The average molecular weight is 437 g/mol. The number of methoxy groups -OCH3 is 2. The first-order valence-electron chi connectivity index (χ1n) is 10.6. The van der Waals surface area contributed by atoms with Gasteiger partial charge in [0.2, 0.25) is 15.9 Å². The molecule has 30 heavy (non-hydrogen) atoms. The Labute approximate surface area is 179 Å². The fourth-order valence-corrected chi connectivity index (χ4v) is 5.82. The van der Waals surface area contributed by atoms with Gasteiger partial charge in [-0.3, -0.25) is 4.79 Å². The first kappa shape index (κ1) is 22.6. The molecule has 166 valence electrons. The van der Waals surface area contributed by atoms with Crippen molar-refractivity contribution >= 4 is 15.9 Å². The molecule has 8 heteroatoms. The Balaban J connectivity index is 1.64. The van der Waals surface area contributed by atoms with Gasteiger partial charge < -0.3 is 14.8 Å². The zero-order valence-electron chi connectivity index (χ0n) is 17.9. The van der Waals surface area contributed by atoms with Crippen molar-refractivity contribution in [3.63, 3.8) is 0 Å². The number of carbonyl (C=O) groups is 1. The van der Waals surface area contributed by atoms with Crippen molar-refractivity contribution in [2.45, 2.75) is 49.8 Å². The van der Waals surface area contributed by atoms with Crippen LogP contribution in [0.3, 0.4) is 0 Å². The van der Waals surface area contributed by atoms with Crippen LogP contribution in [-0.4, -0.2) is 52.5 Å². The van der Waals surface area contributed by atoms with Crippen LogP contribution in [-0.2, 0) is 14.8 Å².